The number of thiazole rings is 1. The second kappa shape index (κ2) is 8.88. The van der Waals surface area contributed by atoms with Crippen LogP contribution in [0.25, 0.3) is 21.5 Å². The van der Waals surface area contributed by atoms with E-state index in [1.165, 1.54) is 11.3 Å². The van der Waals surface area contributed by atoms with Crippen LogP contribution in [0.5, 0.6) is 5.75 Å². The summed E-state index contributed by atoms with van der Waals surface area (Å²) in [5.74, 6) is -0.148. The van der Waals surface area contributed by atoms with Gasteiger partial charge in [0, 0.05) is 35.1 Å². The highest BCUT2D eigenvalue weighted by atomic mass is 32.1. The van der Waals surface area contributed by atoms with Gasteiger partial charge in [-0.05, 0) is 49.1 Å². The Hall–Kier alpha value is -3.47. The molecule has 0 atom stereocenters. The summed E-state index contributed by atoms with van der Waals surface area (Å²) >= 11 is 1.33. The fourth-order valence-corrected chi connectivity index (χ4v) is 5.33. The van der Waals surface area contributed by atoms with Gasteiger partial charge in [0.2, 0.25) is 5.82 Å². The maximum atomic E-state index is 13.6. The van der Waals surface area contributed by atoms with Crippen molar-refractivity contribution in [3.05, 3.63) is 52.6 Å². The van der Waals surface area contributed by atoms with Crippen molar-refractivity contribution in [3.8, 4) is 16.9 Å². The van der Waals surface area contributed by atoms with Gasteiger partial charge in [-0.15, -0.1) is 0 Å². The Bertz CT molecular complexity index is 1470. The highest BCUT2D eigenvalue weighted by molar-refractivity contribution is 7.21. The minimum atomic E-state index is -4.64. The number of hydrogen-bond acceptors (Lipinski definition) is 8. The van der Waals surface area contributed by atoms with Crippen LogP contribution in [0.3, 0.4) is 0 Å². The summed E-state index contributed by atoms with van der Waals surface area (Å²) in [4.78, 5) is 19.2. The summed E-state index contributed by atoms with van der Waals surface area (Å²) in [6, 6.07) is 5.95. The lowest BCUT2D eigenvalue weighted by molar-refractivity contribution is -0.145. The van der Waals surface area contributed by atoms with Crippen LogP contribution >= 0.6 is 11.3 Å². The molecule has 0 spiro atoms. The Morgan fingerprint density at radius 3 is 2.58 bits per heavy atom. The summed E-state index contributed by atoms with van der Waals surface area (Å²) in [6.07, 6.45) is -2.86. The number of pyridine rings is 1. The molecule has 11 heteroatoms. The van der Waals surface area contributed by atoms with Crippen LogP contribution in [0.15, 0.2) is 24.4 Å². The Kier molecular flexibility index (Phi) is 5.98. The largest absolute Gasteiger partial charge is 0.491 e. The highest BCUT2D eigenvalue weighted by Crippen LogP contribution is 2.38. The monoisotopic (exact) mass is 514 g/mol. The molecule has 0 bridgehead atoms. The summed E-state index contributed by atoms with van der Waals surface area (Å²) < 4.78 is 46.8. The van der Waals surface area contributed by atoms with E-state index in [2.05, 4.69) is 19.9 Å². The number of ether oxygens (including phenoxy) is 1. The molecule has 3 aromatic heterocycles. The molecule has 7 nitrogen and oxygen atoms in total. The first-order valence-electron chi connectivity index (χ1n) is 11.5. The molecule has 4 heterocycles. The van der Waals surface area contributed by atoms with Gasteiger partial charge in [0.05, 0.1) is 6.54 Å². The molecule has 1 aliphatic rings. The van der Waals surface area contributed by atoms with E-state index < -0.39 is 12.0 Å². The van der Waals surface area contributed by atoms with Crippen molar-refractivity contribution in [2.24, 2.45) is 0 Å². The fourth-order valence-electron chi connectivity index (χ4n) is 4.67. The summed E-state index contributed by atoms with van der Waals surface area (Å²) in [7, 11) is 0. The lowest BCUT2D eigenvalue weighted by atomic mass is 9.99. The van der Waals surface area contributed by atoms with Gasteiger partial charge in [0.25, 0.3) is 0 Å². The minimum absolute atomic E-state index is 0.0534. The maximum absolute atomic E-state index is 13.6. The quantitative estimate of drug-likeness (QED) is 0.365. The molecule has 0 unspecified atom stereocenters. The molecule has 1 aliphatic heterocycles. The number of hydrogen-bond donors (Lipinski definition) is 1. The normalized spacial score (nSPS) is 14.2. The van der Waals surface area contributed by atoms with Crippen LogP contribution in [0.2, 0.25) is 0 Å². The van der Waals surface area contributed by atoms with Crippen molar-refractivity contribution >= 4 is 32.6 Å². The SMILES string of the molecule is Cc1cc(-c2cnc3sc(N)nc3c2)cc2c1OCCN(c1nc(C(F)(F)F)nc(C)c1C(C)C)C2. The van der Waals surface area contributed by atoms with Gasteiger partial charge in [-0.25, -0.2) is 19.9 Å². The molecule has 0 radical (unpaired) electrons. The summed E-state index contributed by atoms with van der Waals surface area (Å²) in [6.45, 7) is 8.48. The number of aromatic nitrogens is 4. The van der Waals surface area contributed by atoms with Crippen LogP contribution in [-0.4, -0.2) is 33.1 Å². The van der Waals surface area contributed by atoms with Crippen LogP contribution in [0.4, 0.5) is 24.1 Å². The number of halogens is 3. The van der Waals surface area contributed by atoms with E-state index in [0.29, 0.717) is 41.9 Å². The Morgan fingerprint density at radius 1 is 1.08 bits per heavy atom. The lowest BCUT2D eigenvalue weighted by Gasteiger charge is -2.27. The smallest absolute Gasteiger partial charge is 0.451 e. The van der Waals surface area contributed by atoms with Crippen LogP contribution in [-0.2, 0) is 12.7 Å². The van der Waals surface area contributed by atoms with E-state index in [-0.39, 0.29) is 5.92 Å². The number of rotatable bonds is 3. The van der Waals surface area contributed by atoms with Gasteiger partial charge in [0.1, 0.15) is 28.5 Å². The standard InChI is InChI=1S/C25H25F3N6OS/c1-12(2)19-14(4)31-23(25(26,27)28)33-21(19)34-5-6-35-20-13(3)7-15(8-17(20)11-34)16-9-18-22(30-10-16)36-24(29)32-18/h7-10,12H,5-6,11H2,1-4H3,(H2,29,32). The van der Waals surface area contributed by atoms with Gasteiger partial charge >= 0.3 is 6.18 Å². The first-order chi connectivity index (χ1) is 17.0. The Balaban J connectivity index is 1.59. The predicted octanol–water partition coefficient (Wildman–Crippen LogP) is 5.89. The van der Waals surface area contributed by atoms with Crippen molar-refractivity contribution < 1.29 is 17.9 Å². The highest BCUT2D eigenvalue weighted by Gasteiger charge is 2.37. The molecule has 0 saturated heterocycles. The van der Waals surface area contributed by atoms with Gasteiger partial charge in [0.15, 0.2) is 5.13 Å². The topological polar surface area (TPSA) is 90.0 Å². The number of fused-ring (bicyclic) bond motifs is 2. The van der Waals surface area contributed by atoms with E-state index in [0.717, 1.165) is 38.4 Å². The van der Waals surface area contributed by atoms with Crippen molar-refractivity contribution in [1.29, 1.82) is 0 Å². The van der Waals surface area contributed by atoms with E-state index in [1.54, 1.807) is 13.1 Å². The number of nitrogens with two attached hydrogens (primary N) is 1. The van der Waals surface area contributed by atoms with Gasteiger partial charge in [-0.3, -0.25) is 0 Å². The zero-order valence-electron chi connectivity index (χ0n) is 20.3. The molecule has 0 fully saturated rings. The molecule has 36 heavy (non-hydrogen) atoms. The van der Waals surface area contributed by atoms with Crippen molar-refractivity contribution in [1.82, 2.24) is 19.9 Å². The van der Waals surface area contributed by atoms with E-state index in [9.17, 15) is 13.2 Å². The third-order valence-corrected chi connectivity index (χ3v) is 6.97. The number of nitrogens with zero attached hydrogens (tertiary/aromatic N) is 5. The van der Waals surface area contributed by atoms with Gasteiger partial charge in [-0.1, -0.05) is 25.2 Å². The Labute approximate surface area is 210 Å². The Morgan fingerprint density at radius 2 is 1.86 bits per heavy atom. The first kappa shape index (κ1) is 24.2. The molecule has 0 amide bonds. The summed E-state index contributed by atoms with van der Waals surface area (Å²) in [5.41, 5.74) is 11.2. The molecule has 188 valence electrons. The average Bonchev–Trinajstić information content (AvgIpc) is 3.02. The summed E-state index contributed by atoms with van der Waals surface area (Å²) in [5, 5.41) is 0.455. The number of anilines is 2. The van der Waals surface area contributed by atoms with Gasteiger partial charge < -0.3 is 15.4 Å². The maximum Gasteiger partial charge on any atom is 0.451 e. The number of nitrogen functional groups attached to an aromatic ring is 1. The molecule has 2 N–H and O–H groups in total. The minimum Gasteiger partial charge on any atom is -0.491 e. The van der Waals surface area contributed by atoms with Crippen molar-refractivity contribution in [2.45, 2.75) is 46.3 Å². The van der Waals surface area contributed by atoms with E-state index in [4.69, 9.17) is 10.5 Å². The molecular formula is C25H25F3N6OS. The average molecular weight is 515 g/mol. The van der Waals surface area contributed by atoms with E-state index >= 15 is 0 Å². The van der Waals surface area contributed by atoms with Crippen LogP contribution < -0.4 is 15.4 Å². The number of benzene rings is 1. The van der Waals surface area contributed by atoms with Crippen molar-refractivity contribution in [3.63, 3.8) is 0 Å². The predicted molar refractivity (Wildman–Crippen MR) is 134 cm³/mol. The lowest BCUT2D eigenvalue weighted by Crippen LogP contribution is -2.29. The zero-order valence-corrected chi connectivity index (χ0v) is 21.1. The van der Waals surface area contributed by atoms with Crippen molar-refractivity contribution in [2.75, 3.05) is 23.8 Å². The van der Waals surface area contributed by atoms with E-state index in [1.807, 2.05) is 43.9 Å². The third-order valence-electron chi connectivity index (χ3n) is 6.16. The van der Waals surface area contributed by atoms with Gasteiger partial charge in [-0.2, -0.15) is 13.2 Å². The molecule has 0 saturated carbocycles. The zero-order chi connectivity index (χ0) is 25.8. The molecule has 0 aliphatic carbocycles. The second-order valence-electron chi connectivity index (χ2n) is 9.17. The second-order valence-corrected chi connectivity index (χ2v) is 10.2. The number of alkyl halides is 3. The third kappa shape index (κ3) is 4.43. The molecule has 4 aromatic rings. The first-order valence-corrected chi connectivity index (χ1v) is 12.3. The van der Waals surface area contributed by atoms with Crippen LogP contribution in [0.1, 0.15) is 48.0 Å². The number of aryl methyl sites for hydroxylation is 2. The fraction of sp³-hybridized carbons (Fsp3) is 0.360. The van der Waals surface area contributed by atoms with Crippen LogP contribution in [0, 0.1) is 13.8 Å². The molecule has 5 rings (SSSR count). The molecule has 1 aromatic carbocycles. The molecular weight excluding hydrogens is 489 g/mol.